The Morgan fingerprint density at radius 1 is 1.26 bits per heavy atom. The zero-order chi connectivity index (χ0) is 17.0. The molecular formula is C17H26N2O3S. The van der Waals surface area contributed by atoms with E-state index in [0.29, 0.717) is 12.0 Å². The molecule has 0 unspecified atom stereocenters. The Morgan fingerprint density at radius 3 is 2.52 bits per heavy atom. The Labute approximate surface area is 139 Å². The molecule has 0 aromatic heterocycles. The smallest absolute Gasteiger partial charge is 0.254 e. The lowest BCUT2D eigenvalue weighted by Crippen LogP contribution is -2.36. The lowest BCUT2D eigenvalue weighted by molar-refractivity contribution is 0.0723. The second-order valence-electron chi connectivity index (χ2n) is 6.26. The Morgan fingerprint density at radius 2 is 1.91 bits per heavy atom. The van der Waals surface area contributed by atoms with Crippen LogP contribution in [0.3, 0.4) is 0 Å². The molecule has 2 rings (SSSR count). The van der Waals surface area contributed by atoms with Crippen LogP contribution in [-0.4, -0.2) is 38.4 Å². The summed E-state index contributed by atoms with van der Waals surface area (Å²) in [5, 5.41) is 0. The van der Waals surface area contributed by atoms with E-state index in [2.05, 4.69) is 4.72 Å². The number of nitrogens with zero attached hydrogens (tertiary/aromatic N) is 1. The molecule has 1 heterocycles. The van der Waals surface area contributed by atoms with E-state index in [4.69, 9.17) is 0 Å². The van der Waals surface area contributed by atoms with E-state index in [1.165, 1.54) is 6.07 Å². The van der Waals surface area contributed by atoms with Crippen LogP contribution in [0.25, 0.3) is 0 Å². The lowest BCUT2D eigenvalue weighted by Gasteiger charge is -2.27. The van der Waals surface area contributed by atoms with Crippen molar-refractivity contribution >= 4 is 15.9 Å². The van der Waals surface area contributed by atoms with Crippen LogP contribution in [0.2, 0.25) is 0 Å². The number of rotatable bonds is 5. The van der Waals surface area contributed by atoms with Gasteiger partial charge >= 0.3 is 0 Å². The minimum Gasteiger partial charge on any atom is -0.339 e. The van der Waals surface area contributed by atoms with Crippen LogP contribution in [0, 0.1) is 6.92 Å². The summed E-state index contributed by atoms with van der Waals surface area (Å²) in [7, 11) is -3.60. The van der Waals surface area contributed by atoms with Gasteiger partial charge in [0.15, 0.2) is 0 Å². The number of likely N-dealkylation sites (tertiary alicyclic amines) is 1. The standard InChI is InChI=1S/C17H26N2O3S/c1-4-14(3)18-23(21,22)15-9-8-13(2)16(12-15)17(20)19-10-6-5-7-11-19/h8-9,12,14,18H,4-7,10-11H2,1-3H3/t14-/m0/s1. The number of nitrogens with one attached hydrogen (secondary N) is 1. The number of aryl methyl sites for hydroxylation is 1. The van der Waals surface area contributed by atoms with Crippen molar-refractivity contribution in [3.63, 3.8) is 0 Å². The molecule has 6 heteroatoms. The van der Waals surface area contributed by atoms with Crippen LogP contribution in [0.15, 0.2) is 23.1 Å². The molecule has 1 aliphatic rings. The van der Waals surface area contributed by atoms with E-state index in [-0.39, 0.29) is 16.8 Å². The summed E-state index contributed by atoms with van der Waals surface area (Å²) in [5.41, 5.74) is 1.29. The van der Waals surface area contributed by atoms with Crippen molar-refractivity contribution in [2.45, 2.75) is 57.4 Å². The zero-order valence-electron chi connectivity index (χ0n) is 14.1. The molecule has 1 aromatic carbocycles. The third-order valence-electron chi connectivity index (χ3n) is 4.36. The third kappa shape index (κ3) is 4.32. The number of piperidine rings is 1. The average molecular weight is 338 g/mol. The van der Waals surface area contributed by atoms with Crippen molar-refractivity contribution in [1.29, 1.82) is 0 Å². The van der Waals surface area contributed by atoms with Crippen molar-refractivity contribution in [3.8, 4) is 0 Å². The van der Waals surface area contributed by atoms with Crippen LogP contribution < -0.4 is 4.72 Å². The lowest BCUT2D eigenvalue weighted by atomic mass is 10.1. The summed E-state index contributed by atoms with van der Waals surface area (Å²) in [6.07, 6.45) is 3.89. The monoisotopic (exact) mass is 338 g/mol. The van der Waals surface area contributed by atoms with Gasteiger partial charge in [0, 0.05) is 24.7 Å². The Hall–Kier alpha value is -1.40. The summed E-state index contributed by atoms with van der Waals surface area (Å²) in [5.74, 6) is -0.0669. The number of carbonyl (C=O) groups excluding carboxylic acids is 1. The molecule has 23 heavy (non-hydrogen) atoms. The van der Waals surface area contributed by atoms with Gasteiger partial charge in [0.05, 0.1) is 4.90 Å². The molecule has 1 N–H and O–H groups in total. The molecule has 0 bridgehead atoms. The molecular weight excluding hydrogens is 312 g/mol. The van der Waals surface area contributed by atoms with Gasteiger partial charge in [-0.15, -0.1) is 0 Å². The summed E-state index contributed by atoms with van der Waals surface area (Å²) in [6, 6.07) is 4.65. The summed E-state index contributed by atoms with van der Waals surface area (Å²) >= 11 is 0. The largest absolute Gasteiger partial charge is 0.339 e. The Balaban J connectivity index is 2.30. The van der Waals surface area contributed by atoms with E-state index < -0.39 is 10.0 Å². The SMILES string of the molecule is CC[C@H](C)NS(=O)(=O)c1ccc(C)c(C(=O)N2CCCCC2)c1. The number of carbonyl (C=O) groups is 1. The van der Waals surface area contributed by atoms with Gasteiger partial charge < -0.3 is 4.90 Å². The van der Waals surface area contributed by atoms with Gasteiger partial charge in [0.1, 0.15) is 0 Å². The van der Waals surface area contributed by atoms with Crippen molar-refractivity contribution in [2.24, 2.45) is 0 Å². The van der Waals surface area contributed by atoms with Gasteiger partial charge in [0.2, 0.25) is 10.0 Å². The Kier molecular flexibility index (Phi) is 5.81. The van der Waals surface area contributed by atoms with E-state index in [1.807, 2.05) is 25.7 Å². The fraction of sp³-hybridized carbons (Fsp3) is 0.588. The zero-order valence-corrected chi connectivity index (χ0v) is 14.9. The molecule has 1 saturated heterocycles. The van der Waals surface area contributed by atoms with E-state index in [9.17, 15) is 13.2 Å². The minimum absolute atomic E-state index is 0.0669. The third-order valence-corrected chi connectivity index (χ3v) is 5.95. The first-order chi connectivity index (χ1) is 10.8. The maximum Gasteiger partial charge on any atom is 0.254 e. The fourth-order valence-electron chi connectivity index (χ4n) is 2.68. The molecule has 1 amide bonds. The second-order valence-corrected chi connectivity index (χ2v) is 7.97. The van der Waals surface area contributed by atoms with Gasteiger partial charge in [-0.05, 0) is 57.2 Å². The molecule has 1 atom stereocenters. The van der Waals surface area contributed by atoms with Gasteiger partial charge in [-0.2, -0.15) is 0 Å². The number of sulfonamides is 1. The number of amides is 1. The molecule has 0 radical (unpaired) electrons. The highest BCUT2D eigenvalue weighted by Crippen LogP contribution is 2.20. The number of hydrogen-bond donors (Lipinski definition) is 1. The van der Waals surface area contributed by atoms with Crippen LogP contribution in [-0.2, 0) is 10.0 Å². The van der Waals surface area contributed by atoms with E-state index in [1.54, 1.807) is 12.1 Å². The maximum atomic E-state index is 12.7. The molecule has 0 saturated carbocycles. The van der Waals surface area contributed by atoms with Crippen LogP contribution in [0.5, 0.6) is 0 Å². The van der Waals surface area contributed by atoms with Gasteiger partial charge in [0.25, 0.3) is 5.91 Å². The first kappa shape index (κ1) is 17.9. The molecule has 0 spiro atoms. The second kappa shape index (κ2) is 7.45. The average Bonchev–Trinajstić information content (AvgIpc) is 2.54. The predicted molar refractivity (Wildman–Crippen MR) is 91.0 cm³/mol. The molecule has 1 fully saturated rings. The van der Waals surface area contributed by atoms with Crippen molar-refractivity contribution in [1.82, 2.24) is 9.62 Å². The molecule has 128 valence electrons. The fourth-order valence-corrected chi connectivity index (χ4v) is 4.03. The van der Waals surface area contributed by atoms with E-state index >= 15 is 0 Å². The molecule has 5 nitrogen and oxygen atoms in total. The van der Waals surface area contributed by atoms with Crippen molar-refractivity contribution in [2.75, 3.05) is 13.1 Å². The highest BCUT2D eigenvalue weighted by molar-refractivity contribution is 7.89. The van der Waals surface area contributed by atoms with Crippen molar-refractivity contribution < 1.29 is 13.2 Å². The predicted octanol–water partition coefficient (Wildman–Crippen LogP) is 2.70. The summed E-state index contributed by atoms with van der Waals surface area (Å²) in [4.78, 5) is 14.7. The minimum atomic E-state index is -3.60. The quantitative estimate of drug-likeness (QED) is 0.897. The maximum absolute atomic E-state index is 12.7. The summed E-state index contributed by atoms with van der Waals surface area (Å²) < 4.78 is 27.5. The highest BCUT2D eigenvalue weighted by atomic mass is 32.2. The van der Waals surface area contributed by atoms with Gasteiger partial charge in [-0.3, -0.25) is 4.79 Å². The molecule has 1 aromatic rings. The topological polar surface area (TPSA) is 66.5 Å². The van der Waals surface area contributed by atoms with Gasteiger partial charge in [-0.25, -0.2) is 13.1 Å². The first-order valence-electron chi connectivity index (χ1n) is 8.27. The Bertz CT molecular complexity index is 664. The number of benzene rings is 1. The van der Waals surface area contributed by atoms with Crippen molar-refractivity contribution in [3.05, 3.63) is 29.3 Å². The number of hydrogen-bond acceptors (Lipinski definition) is 3. The van der Waals surface area contributed by atoms with Crippen LogP contribution >= 0.6 is 0 Å². The molecule has 0 aliphatic carbocycles. The normalized spacial score (nSPS) is 17.1. The van der Waals surface area contributed by atoms with E-state index in [0.717, 1.165) is 37.9 Å². The first-order valence-corrected chi connectivity index (χ1v) is 9.75. The van der Waals surface area contributed by atoms with Crippen LogP contribution in [0.4, 0.5) is 0 Å². The molecule has 1 aliphatic heterocycles. The highest BCUT2D eigenvalue weighted by Gasteiger charge is 2.23. The summed E-state index contributed by atoms with van der Waals surface area (Å²) in [6.45, 7) is 7.09. The van der Waals surface area contributed by atoms with Crippen LogP contribution in [0.1, 0.15) is 55.5 Å². The van der Waals surface area contributed by atoms with Gasteiger partial charge in [-0.1, -0.05) is 13.0 Å².